The number of carbonyl (C=O) groups is 1. The molecular formula is C11H6F3N3O. The zero-order valence-electron chi connectivity index (χ0n) is 8.90. The van der Waals surface area contributed by atoms with Gasteiger partial charge >= 0.3 is 6.18 Å². The van der Waals surface area contributed by atoms with Crippen molar-refractivity contribution in [3.8, 4) is 6.07 Å². The Bertz CT molecular complexity index is 554. The molecule has 7 heteroatoms. The van der Waals surface area contributed by atoms with Gasteiger partial charge in [0.05, 0.1) is 23.7 Å². The molecule has 0 bridgehead atoms. The second-order valence-electron chi connectivity index (χ2n) is 3.59. The van der Waals surface area contributed by atoms with Crippen molar-refractivity contribution in [2.24, 2.45) is 5.10 Å². The smallest absolute Gasteiger partial charge is 0.272 e. The molecule has 1 amide bonds. The minimum absolute atomic E-state index is 0.207. The lowest BCUT2D eigenvalue weighted by Gasteiger charge is -2.11. The molecule has 0 aliphatic carbocycles. The van der Waals surface area contributed by atoms with Crippen molar-refractivity contribution in [3.63, 3.8) is 0 Å². The summed E-state index contributed by atoms with van der Waals surface area (Å²) in [5, 5.41) is 12.5. The molecule has 0 radical (unpaired) electrons. The van der Waals surface area contributed by atoms with Crippen LogP contribution in [-0.4, -0.2) is 17.8 Å². The second-order valence-corrected chi connectivity index (χ2v) is 3.59. The van der Waals surface area contributed by atoms with Gasteiger partial charge in [-0.1, -0.05) is 0 Å². The molecule has 0 saturated carbocycles. The van der Waals surface area contributed by atoms with Gasteiger partial charge in [0, 0.05) is 0 Å². The molecule has 1 aliphatic rings. The Kier molecular flexibility index (Phi) is 2.79. The Morgan fingerprint density at radius 1 is 1.28 bits per heavy atom. The maximum atomic E-state index is 12.4. The third-order valence-electron chi connectivity index (χ3n) is 2.34. The first-order chi connectivity index (χ1) is 8.41. The maximum absolute atomic E-state index is 12.4. The first-order valence-electron chi connectivity index (χ1n) is 4.89. The van der Waals surface area contributed by atoms with Crippen LogP contribution in [0.25, 0.3) is 0 Å². The number of carbonyl (C=O) groups excluding carboxylic acids is 1. The van der Waals surface area contributed by atoms with E-state index in [9.17, 15) is 18.0 Å². The predicted molar refractivity (Wildman–Crippen MR) is 56.8 cm³/mol. The fraction of sp³-hybridized carbons (Fsp3) is 0.182. The van der Waals surface area contributed by atoms with E-state index in [4.69, 9.17) is 5.26 Å². The minimum Gasteiger partial charge on any atom is -0.272 e. The summed E-state index contributed by atoms with van der Waals surface area (Å²) in [5.41, 5.74) is -0.555. The summed E-state index contributed by atoms with van der Waals surface area (Å²) in [4.78, 5) is 11.4. The largest absolute Gasteiger partial charge is 0.431 e. The summed E-state index contributed by atoms with van der Waals surface area (Å²) < 4.78 is 37.2. The minimum atomic E-state index is -4.60. The number of hydrogen-bond donors (Lipinski definition) is 0. The van der Waals surface area contributed by atoms with Crippen LogP contribution in [0.1, 0.15) is 12.0 Å². The molecule has 0 unspecified atom stereocenters. The quantitative estimate of drug-likeness (QED) is 0.770. The summed E-state index contributed by atoms with van der Waals surface area (Å²) in [6, 6.07) is 7.43. The SMILES string of the molecule is N#Cc1ccc(N2N=C(C(F)(F)F)CC2=O)cc1. The standard InChI is InChI=1S/C11H6F3N3O/c12-11(13,14)9-5-10(18)17(16-9)8-3-1-7(6-15)2-4-8/h1-4H,5H2. The molecule has 1 aliphatic heterocycles. The van der Waals surface area contributed by atoms with E-state index in [1.165, 1.54) is 24.3 Å². The van der Waals surface area contributed by atoms with Crippen LogP contribution in [0.3, 0.4) is 0 Å². The molecule has 92 valence electrons. The van der Waals surface area contributed by atoms with Gasteiger partial charge in [0.1, 0.15) is 0 Å². The van der Waals surface area contributed by atoms with Crippen molar-refractivity contribution in [1.82, 2.24) is 0 Å². The van der Waals surface area contributed by atoms with Crippen LogP contribution in [0.4, 0.5) is 18.9 Å². The van der Waals surface area contributed by atoms with Gasteiger partial charge in [0.25, 0.3) is 5.91 Å². The summed E-state index contributed by atoms with van der Waals surface area (Å²) in [5.74, 6) is -0.743. The average Bonchev–Trinajstić information content (AvgIpc) is 2.71. The van der Waals surface area contributed by atoms with E-state index in [2.05, 4.69) is 5.10 Å². The third kappa shape index (κ3) is 2.18. The number of alkyl halides is 3. The Morgan fingerprint density at radius 3 is 2.33 bits per heavy atom. The van der Waals surface area contributed by atoms with Crippen molar-refractivity contribution in [2.45, 2.75) is 12.6 Å². The van der Waals surface area contributed by atoms with E-state index < -0.39 is 24.2 Å². The molecule has 0 atom stereocenters. The molecule has 1 heterocycles. The van der Waals surface area contributed by atoms with E-state index in [0.717, 1.165) is 0 Å². The van der Waals surface area contributed by atoms with Gasteiger partial charge in [0.2, 0.25) is 0 Å². The molecule has 0 fully saturated rings. The van der Waals surface area contributed by atoms with Gasteiger partial charge < -0.3 is 0 Å². The predicted octanol–water partition coefficient (Wildman–Crippen LogP) is 2.21. The first kappa shape index (κ1) is 12.1. The summed E-state index contributed by atoms with van der Waals surface area (Å²) in [6.45, 7) is 0. The number of anilines is 1. The number of rotatable bonds is 1. The van der Waals surface area contributed by atoms with Crippen LogP contribution in [0.2, 0.25) is 0 Å². The summed E-state index contributed by atoms with van der Waals surface area (Å²) in [6.07, 6.45) is -5.36. The van der Waals surface area contributed by atoms with Crippen LogP contribution in [-0.2, 0) is 4.79 Å². The first-order valence-corrected chi connectivity index (χ1v) is 4.89. The topological polar surface area (TPSA) is 56.5 Å². The molecule has 4 nitrogen and oxygen atoms in total. The zero-order chi connectivity index (χ0) is 13.3. The van der Waals surface area contributed by atoms with Gasteiger partial charge in [0.15, 0.2) is 5.71 Å². The molecule has 1 aromatic carbocycles. The Morgan fingerprint density at radius 2 is 1.89 bits per heavy atom. The van der Waals surface area contributed by atoms with E-state index in [0.29, 0.717) is 10.6 Å². The van der Waals surface area contributed by atoms with Gasteiger partial charge in [-0.3, -0.25) is 4.79 Å². The van der Waals surface area contributed by atoms with Gasteiger partial charge in [-0.25, -0.2) is 5.01 Å². The zero-order valence-corrected chi connectivity index (χ0v) is 8.90. The Balaban J connectivity index is 2.31. The average molecular weight is 253 g/mol. The second kappa shape index (κ2) is 4.14. The highest BCUT2D eigenvalue weighted by molar-refractivity contribution is 6.14. The van der Waals surface area contributed by atoms with Gasteiger partial charge in [-0.2, -0.15) is 23.5 Å². The van der Waals surface area contributed by atoms with Crippen LogP contribution < -0.4 is 5.01 Å². The Hall–Kier alpha value is -2.36. The summed E-state index contributed by atoms with van der Waals surface area (Å²) in [7, 11) is 0. The van der Waals surface area contributed by atoms with E-state index >= 15 is 0 Å². The molecule has 0 N–H and O–H groups in total. The molecule has 2 rings (SSSR count). The molecular weight excluding hydrogens is 247 g/mol. The number of nitriles is 1. The highest BCUT2D eigenvalue weighted by atomic mass is 19.4. The Labute approximate surface area is 99.9 Å². The van der Waals surface area contributed by atoms with Crippen molar-refractivity contribution in [2.75, 3.05) is 5.01 Å². The number of halogens is 3. The van der Waals surface area contributed by atoms with E-state index in [-0.39, 0.29) is 5.69 Å². The maximum Gasteiger partial charge on any atom is 0.431 e. The van der Waals surface area contributed by atoms with Gasteiger partial charge in [-0.15, -0.1) is 0 Å². The highest BCUT2D eigenvalue weighted by Gasteiger charge is 2.42. The number of nitrogens with zero attached hydrogens (tertiary/aromatic N) is 3. The number of hydrazone groups is 1. The van der Waals surface area contributed by atoms with Crippen LogP contribution in [0, 0.1) is 11.3 Å². The molecule has 0 aromatic heterocycles. The van der Waals surface area contributed by atoms with Crippen LogP contribution >= 0.6 is 0 Å². The lowest BCUT2D eigenvalue weighted by atomic mass is 10.2. The monoisotopic (exact) mass is 253 g/mol. The van der Waals surface area contributed by atoms with E-state index in [1.54, 1.807) is 0 Å². The van der Waals surface area contributed by atoms with Crippen LogP contribution in [0.5, 0.6) is 0 Å². The molecule has 1 aromatic rings. The third-order valence-corrected chi connectivity index (χ3v) is 2.34. The summed E-state index contributed by atoms with van der Waals surface area (Å²) >= 11 is 0. The molecule has 0 saturated heterocycles. The van der Waals surface area contributed by atoms with Crippen molar-refractivity contribution >= 4 is 17.3 Å². The number of hydrogen-bond acceptors (Lipinski definition) is 3. The van der Waals surface area contributed by atoms with Gasteiger partial charge in [-0.05, 0) is 24.3 Å². The lowest BCUT2D eigenvalue weighted by molar-refractivity contribution is -0.117. The van der Waals surface area contributed by atoms with Crippen molar-refractivity contribution < 1.29 is 18.0 Å². The van der Waals surface area contributed by atoms with Crippen molar-refractivity contribution in [1.29, 1.82) is 5.26 Å². The highest BCUT2D eigenvalue weighted by Crippen LogP contribution is 2.28. The molecule has 0 spiro atoms. The fourth-order valence-corrected chi connectivity index (χ4v) is 1.47. The normalized spacial score (nSPS) is 15.6. The van der Waals surface area contributed by atoms with Crippen molar-refractivity contribution in [3.05, 3.63) is 29.8 Å². The fourth-order valence-electron chi connectivity index (χ4n) is 1.47. The van der Waals surface area contributed by atoms with Crippen LogP contribution in [0.15, 0.2) is 29.4 Å². The lowest BCUT2D eigenvalue weighted by Crippen LogP contribution is -2.22. The molecule has 18 heavy (non-hydrogen) atoms. The number of amides is 1. The van der Waals surface area contributed by atoms with E-state index in [1.807, 2.05) is 6.07 Å². The number of benzene rings is 1.